The van der Waals surface area contributed by atoms with Crippen LogP contribution >= 0.6 is 0 Å². The van der Waals surface area contributed by atoms with Crippen molar-refractivity contribution in [2.24, 2.45) is 0 Å². The van der Waals surface area contributed by atoms with Gasteiger partial charge in [0.05, 0.1) is 19.1 Å². The maximum absolute atomic E-state index is 11.6. The van der Waals surface area contributed by atoms with Crippen LogP contribution in [-0.4, -0.2) is 19.2 Å². The fraction of sp³-hybridized carbons (Fsp3) is 0.385. The van der Waals surface area contributed by atoms with Crippen molar-refractivity contribution in [2.45, 2.75) is 26.2 Å². The summed E-state index contributed by atoms with van der Waals surface area (Å²) in [4.78, 5) is 21.9. The Morgan fingerprint density at radius 3 is 2.62 bits per heavy atom. The first-order valence-corrected chi connectivity index (χ1v) is 5.25. The van der Waals surface area contributed by atoms with Gasteiger partial charge in [0, 0.05) is 0 Å². The molecule has 0 spiro atoms. The summed E-state index contributed by atoms with van der Waals surface area (Å²) < 4.78 is 5.17. The van der Waals surface area contributed by atoms with E-state index in [-0.39, 0.29) is 12.2 Å². The summed E-state index contributed by atoms with van der Waals surface area (Å²) in [5.41, 5.74) is 1.58. The van der Waals surface area contributed by atoms with E-state index in [0.717, 1.165) is 5.56 Å². The zero-order chi connectivity index (χ0) is 12.1. The number of methoxy groups -OCH3 is 1. The second kappa shape index (κ2) is 5.45. The van der Waals surface area contributed by atoms with Crippen molar-refractivity contribution in [3.63, 3.8) is 0 Å². The Morgan fingerprint density at radius 2 is 2.12 bits per heavy atom. The highest BCUT2D eigenvalue weighted by atomic mass is 16.5. The normalized spacial score (nSPS) is 10.2. The third-order valence-corrected chi connectivity index (χ3v) is 2.46. The van der Waals surface area contributed by atoms with Crippen LogP contribution in [0.25, 0.3) is 0 Å². The summed E-state index contributed by atoms with van der Waals surface area (Å²) in [5.74, 6) is 0.712. The van der Waals surface area contributed by atoms with E-state index in [1.165, 1.54) is 7.11 Å². The molecule has 16 heavy (non-hydrogen) atoms. The number of Topliss-reactive ketones (excluding diaryl/α,β-unsaturated/α-hetero) is 1. The van der Waals surface area contributed by atoms with E-state index in [4.69, 9.17) is 4.74 Å². The highest BCUT2D eigenvalue weighted by molar-refractivity contribution is 6.04. The Bertz CT molecular complexity index is 394. The van der Waals surface area contributed by atoms with Gasteiger partial charge in [-0.25, -0.2) is 0 Å². The molecule has 0 aromatic heterocycles. The molecule has 3 heteroatoms. The molecule has 0 radical (unpaired) electrons. The first-order chi connectivity index (χ1) is 7.60. The number of carbonyl (C=O) groups is 2. The lowest BCUT2D eigenvalue weighted by Crippen LogP contribution is -2.03. The average molecular weight is 220 g/mol. The molecule has 1 aromatic carbocycles. The zero-order valence-corrected chi connectivity index (χ0v) is 9.82. The lowest BCUT2D eigenvalue weighted by Gasteiger charge is -2.11. The molecule has 0 aliphatic heterocycles. The van der Waals surface area contributed by atoms with Gasteiger partial charge < -0.3 is 9.53 Å². The van der Waals surface area contributed by atoms with E-state index in [2.05, 4.69) is 13.8 Å². The van der Waals surface area contributed by atoms with Crippen LogP contribution < -0.4 is 4.74 Å². The van der Waals surface area contributed by atoms with Crippen molar-refractivity contribution < 1.29 is 14.3 Å². The van der Waals surface area contributed by atoms with Crippen molar-refractivity contribution in [3.05, 3.63) is 29.3 Å². The molecule has 0 amide bonds. The summed E-state index contributed by atoms with van der Waals surface area (Å²) in [6.07, 6.45) is 0.509. The molecule has 0 saturated carbocycles. The van der Waals surface area contributed by atoms with E-state index < -0.39 is 0 Å². The van der Waals surface area contributed by atoms with Crippen molar-refractivity contribution in [2.75, 3.05) is 7.11 Å². The lowest BCUT2D eigenvalue weighted by atomic mass is 9.99. The summed E-state index contributed by atoms with van der Waals surface area (Å²) >= 11 is 0. The Hall–Kier alpha value is -1.64. The summed E-state index contributed by atoms with van der Waals surface area (Å²) in [6, 6.07) is 5.47. The predicted molar refractivity (Wildman–Crippen MR) is 62.1 cm³/mol. The predicted octanol–water partition coefficient (Wildman–Crippen LogP) is 2.59. The van der Waals surface area contributed by atoms with Gasteiger partial charge in [-0.2, -0.15) is 0 Å². The highest BCUT2D eigenvalue weighted by Gasteiger charge is 2.13. The number of ketones is 1. The van der Waals surface area contributed by atoms with Gasteiger partial charge in [0.1, 0.15) is 12.0 Å². The largest absolute Gasteiger partial charge is 0.496 e. The number of hydrogen-bond acceptors (Lipinski definition) is 3. The molecular formula is C13H16O3. The van der Waals surface area contributed by atoms with Crippen LogP contribution in [0.3, 0.4) is 0 Å². The Balaban J connectivity index is 3.11. The Morgan fingerprint density at radius 1 is 1.44 bits per heavy atom. The molecule has 0 bridgehead atoms. The standard InChI is InChI=1S/C13H16O3/c1-9(2)10-4-5-11(12(15)6-7-14)13(8-10)16-3/h4-5,7-9H,6H2,1-3H3. The Labute approximate surface area is 95.4 Å². The molecule has 1 rings (SSSR count). The molecule has 0 unspecified atom stereocenters. The summed E-state index contributed by atoms with van der Waals surface area (Å²) in [5, 5.41) is 0. The zero-order valence-electron chi connectivity index (χ0n) is 9.82. The van der Waals surface area contributed by atoms with E-state index in [9.17, 15) is 9.59 Å². The number of rotatable bonds is 5. The van der Waals surface area contributed by atoms with Gasteiger partial charge in [0.2, 0.25) is 0 Å². The maximum atomic E-state index is 11.6. The third kappa shape index (κ3) is 2.69. The minimum atomic E-state index is -0.206. The number of benzene rings is 1. The van der Waals surface area contributed by atoms with Crippen LogP contribution in [0, 0.1) is 0 Å². The van der Waals surface area contributed by atoms with Gasteiger partial charge in [-0.05, 0) is 23.6 Å². The third-order valence-electron chi connectivity index (χ3n) is 2.46. The first-order valence-electron chi connectivity index (χ1n) is 5.25. The minimum Gasteiger partial charge on any atom is -0.496 e. The van der Waals surface area contributed by atoms with Gasteiger partial charge in [0.15, 0.2) is 5.78 Å². The average Bonchev–Trinajstić information content (AvgIpc) is 2.28. The van der Waals surface area contributed by atoms with E-state index >= 15 is 0 Å². The maximum Gasteiger partial charge on any atom is 0.173 e. The van der Waals surface area contributed by atoms with E-state index in [1.807, 2.05) is 12.1 Å². The molecule has 0 atom stereocenters. The van der Waals surface area contributed by atoms with Crippen molar-refractivity contribution >= 4 is 12.1 Å². The quantitative estimate of drug-likeness (QED) is 0.435. The smallest absolute Gasteiger partial charge is 0.173 e. The number of ether oxygens (including phenoxy) is 1. The number of aldehydes is 1. The van der Waals surface area contributed by atoms with Crippen molar-refractivity contribution in [1.29, 1.82) is 0 Å². The van der Waals surface area contributed by atoms with Gasteiger partial charge in [-0.3, -0.25) is 4.79 Å². The fourth-order valence-electron chi connectivity index (χ4n) is 1.48. The molecule has 0 saturated heterocycles. The van der Waals surface area contributed by atoms with Crippen molar-refractivity contribution in [3.8, 4) is 5.75 Å². The molecule has 0 aliphatic carbocycles. The lowest BCUT2D eigenvalue weighted by molar-refractivity contribution is -0.107. The Kier molecular flexibility index (Phi) is 4.23. The molecule has 86 valence electrons. The summed E-state index contributed by atoms with van der Waals surface area (Å²) in [6.45, 7) is 4.14. The van der Waals surface area contributed by atoms with Gasteiger partial charge in [0.25, 0.3) is 0 Å². The van der Waals surface area contributed by atoms with Crippen LogP contribution in [-0.2, 0) is 4.79 Å². The number of carbonyl (C=O) groups excluding carboxylic acids is 2. The molecule has 0 N–H and O–H groups in total. The second-order valence-electron chi connectivity index (χ2n) is 3.91. The monoisotopic (exact) mass is 220 g/mol. The topological polar surface area (TPSA) is 43.4 Å². The van der Waals surface area contributed by atoms with Crippen LogP contribution in [0.2, 0.25) is 0 Å². The van der Waals surface area contributed by atoms with Crippen LogP contribution in [0.1, 0.15) is 42.1 Å². The van der Waals surface area contributed by atoms with Gasteiger partial charge in [-0.1, -0.05) is 19.9 Å². The highest BCUT2D eigenvalue weighted by Crippen LogP contribution is 2.25. The van der Waals surface area contributed by atoms with Gasteiger partial charge in [-0.15, -0.1) is 0 Å². The minimum absolute atomic E-state index is 0.0998. The van der Waals surface area contributed by atoms with Gasteiger partial charge >= 0.3 is 0 Å². The van der Waals surface area contributed by atoms with Crippen molar-refractivity contribution in [1.82, 2.24) is 0 Å². The first kappa shape index (κ1) is 12.4. The number of hydrogen-bond donors (Lipinski definition) is 0. The van der Waals surface area contributed by atoms with E-state index in [0.29, 0.717) is 23.5 Å². The second-order valence-corrected chi connectivity index (χ2v) is 3.91. The molecule has 0 fully saturated rings. The van der Waals surface area contributed by atoms with E-state index in [1.54, 1.807) is 6.07 Å². The van der Waals surface area contributed by atoms with Crippen LogP contribution in [0.4, 0.5) is 0 Å². The van der Waals surface area contributed by atoms with Crippen LogP contribution in [0.15, 0.2) is 18.2 Å². The molecule has 0 heterocycles. The SMILES string of the molecule is COc1cc(C(C)C)ccc1C(=O)CC=O. The molecule has 3 nitrogen and oxygen atoms in total. The summed E-state index contributed by atoms with van der Waals surface area (Å²) in [7, 11) is 1.52. The molecule has 0 aliphatic rings. The molecular weight excluding hydrogens is 204 g/mol. The molecule has 1 aromatic rings. The fourth-order valence-corrected chi connectivity index (χ4v) is 1.48. The van der Waals surface area contributed by atoms with Crippen LogP contribution in [0.5, 0.6) is 5.75 Å².